The number of hydrogen-bond acceptors (Lipinski definition) is 5. The molecule has 1 aromatic heterocycles. The van der Waals surface area contributed by atoms with Gasteiger partial charge in [0.1, 0.15) is 5.82 Å². The van der Waals surface area contributed by atoms with Crippen molar-refractivity contribution in [1.82, 2.24) is 4.90 Å². The number of nitrogens with one attached hydrogen (secondary N) is 1. The number of ether oxygens (including phenoxy) is 2. The van der Waals surface area contributed by atoms with Crippen LogP contribution in [0.3, 0.4) is 0 Å². The van der Waals surface area contributed by atoms with Crippen LogP contribution >= 0.6 is 22.9 Å². The fourth-order valence-electron chi connectivity index (χ4n) is 3.92. The summed E-state index contributed by atoms with van der Waals surface area (Å²) in [5.41, 5.74) is 2.32. The van der Waals surface area contributed by atoms with Crippen LogP contribution in [0, 0.1) is 5.82 Å². The Labute approximate surface area is 189 Å². The lowest BCUT2D eigenvalue weighted by Gasteiger charge is -2.37. The maximum Gasteiger partial charge on any atom is 0.238 e. The fourth-order valence-corrected chi connectivity index (χ4v) is 4.96. The number of methoxy groups -OCH3 is 2. The predicted octanol–water partition coefficient (Wildman–Crippen LogP) is 5.14. The second-order valence-electron chi connectivity index (χ2n) is 7.22. The van der Waals surface area contributed by atoms with E-state index < -0.39 is 5.82 Å². The fraction of sp³-hybridized carbons (Fsp3) is 0.261. The van der Waals surface area contributed by atoms with E-state index in [4.69, 9.17) is 21.1 Å². The molecule has 1 amide bonds. The van der Waals surface area contributed by atoms with Crippen LogP contribution in [-0.2, 0) is 11.2 Å². The van der Waals surface area contributed by atoms with E-state index >= 15 is 0 Å². The number of carbonyl (C=O) groups excluding carboxylic acids is 1. The topological polar surface area (TPSA) is 50.8 Å². The smallest absolute Gasteiger partial charge is 0.238 e. The molecule has 0 radical (unpaired) electrons. The third-order valence-corrected chi connectivity index (χ3v) is 6.50. The summed E-state index contributed by atoms with van der Waals surface area (Å²) in [7, 11) is 3.23. The normalized spacial score (nSPS) is 15.9. The van der Waals surface area contributed by atoms with Gasteiger partial charge < -0.3 is 14.8 Å². The summed E-state index contributed by atoms with van der Waals surface area (Å²) >= 11 is 7.58. The molecular formula is C23H22ClFN2O3S. The van der Waals surface area contributed by atoms with E-state index in [1.54, 1.807) is 25.6 Å². The van der Waals surface area contributed by atoms with Crippen LogP contribution in [0.15, 0.2) is 47.8 Å². The number of halogens is 2. The molecule has 31 heavy (non-hydrogen) atoms. The van der Waals surface area contributed by atoms with Crippen molar-refractivity contribution in [3.63, 3.8) is 0 Å². The van der Waals surface area contributed by atoms with E-state index in [9.17, 15) is 9.18 Å². The second-order valence-corrected chi connectivity index (χ2v) is 8.63. The van der Waals surface area contributed by atoms with E-state index in [-0.39, 0.29) is 24.2 Å². The highest BCUT2D eigenvalue weighted by Crippen LogP contribution is 2.42. The summed E-state index contributed by atoms with van der Waals surface area (Å²) in [6.07, 6.45) is 0.760. The largest absolute Gasteiger partial charge is 0.493 e. The van der Waals surface area contributed by atoms with Gasteiger partial charge >= 0.3 is 0 Å². The maximum atomic E-state index is 14.0. The Bertz CT molecular complexity index is 1090. The molecule has 0 saturated carbocycles. The summed E-state index contributed by atoms with van der Waals surface area (Å²) < 4.78 is 25.0. The van der Waals surface area contributed by atoms with Gasteiger partial charge in [0.15, 0.2) is 11.5 Å². The van der Waals surface area contributed by atoms with Gasteiger partial charge in [0.05, 0.1) is 32.5 Å². The molecule has 0 bridgehead atoms. The summed E-state index contributed by atoms with van der Waals surface area (Å²) in [6, 6.07) is 12.0. The first-order valence-corrected chi connectivity index (χ1v) is 11.0. The van der Waals surface area contributed by atoms with Crippen LogP contribution in [0.4, 0.5) is 10.1 Å². The molecule has 0 fully saturated rings. The molecular weight excluding hydrogens is 439 g/mol. The van der Waals surface area contributed by atoms with Gasteiger partial charge in [-0.2, -0.15) is 0 Å². The zero-order valence-corrected chi connectivity index (χ0v) is 18.7. The van der Waals surface area contributed by atoms with Crippen molar-refractivity contribution in [2.45, 2.75) is 12.5 Å². The number of amides is 1. The van der Waals surface area contributed by atoms with E-state index in [0.29, 0.717) is 23.1 Å². The average Bonchev–Trinajstić information content (AvgIpc) is 3.29. The Balaban J connectivity index is 1.63. The molecule has 1 aliphatic heterocycles. The molecule has 2 heterocycles. The number of thiophene rings is 1. The minimum absolute atomic E-state index is 0.0778. The zero-order chi connectivity index (χ0) is 22.0. The summed E-state index contributed by atoms with van der Waals surface area (Å²) in [4.78, 5) is 16.0. The summed E-state index contributed by atoms with van der Waals surface area (Å²) in [6.45, 7) is 0.790. The van der Waals surface area contributed by atoms with Crippen LogP contribution < -0.4 is 14.8 Å². The molecule has 2 aromatic carbocycles. The van der Waals surface area contributed by atoms with Crippen LogP contribution in [-0.4, -0.2) is 38.1 Å². The Morgan fingerprint density at radius 1 is 1.23 bits per heavy atom. The number of nitrogens with zero attached hydrogens (tertiary/aromatic N) is 1. The number of rotatable bonds is 6. The molecule has 4 rings (SSSR count). The van der Waals surface area contributed by atoms with Gasteiger partial charge in [-0.3, -0.25) is 9.69 Å². The lowest BCUT2D eigenvalue weighted by Crippen LogP contribution is -2.41. The minimum Gasteiger partial charge on any atom is -0.493 e. The molecule has 0 saturated heterocycles. The van der Waals surface area contributed by atoms with Gasteiger partial charge in [0.2, 0.25) is 5.91 Å². The molecule has 1 aliphatic rings. The number of benzene rings is 2. The van der Waals surface area contributed by atoms with Crippen LogP contribution in [0.5, 0.6) is 11.5 Å². The van der Waals surface area contributed by atoms with Crippen molar-refractivity contribution in [2.75, 3.05) is 32.6 Å². The Hall–Kier alpha value is -2.61. The highest BCUT2D eigenvalue weighted by molar-refractivity contribution is 7.10. The summed E-state index contributed by atoms with van der Waals surface area (Å²) in [5, 5.41) is 5.03. The molecule has 3 aromatic rings. The Morgan fingerprint density at radius 2 is 2.00 bits per heavy atom. The van der Waals surface area contributed by atoms with Gasteiger partial charge in [-0.05, 0) is 59.3 Å². The molecule has 1 atom stereocenters. The van der Waals surface area contributed by atoms with Gasteiger partial charge in [0, 0.05) is 16.4 Å². The molecule has 0 spiro atoms. The number of anilines is 1. The quantitative estimate of drug-likeness (QED) is 0.553. The molecule has 1 N–H and O–H groups in total. The predicted molar refractivity (Wildman–Crippen MR) is 121 cm³/mol. The molecule has 0 unspecified atom stereocenters. The van der Waals surface area contributed by atoms with Crippen molar-refractivity contribution in [2.24, 2.45) is 0 Å². The first-order valence-electron chi connectivity index (χ1n) is 9.77. The first kappa shape index (κ1) is 21.6. The van der Waals surface area contributed by atoms with Gasteiger partial charge in [-0.15, -0.1) is 11.3 Å². The number of carbonyl (C=O) groups is 1. The van der Waals surface area contributed by atoms with Crippen molar-refractivity contribution in [3.05, 3.63) is 74.7 Å². The lowest BCUT2D eigenvalue weighted by atomic mass is 9.91. The zero-order valence-electron chi connectivity index (χ0n) is 17.2. The first-order chi connectivity index (χ1) is 15.0. The summed E-state index contributed by atoms with van der Waals surface area (Å²) in [5.74, 6) is 0.518. The van der Waals surface area contributed by atoms with Gasteiger partial charge in [-0.1, -0.05) is 17.7 Å². The monoisotopic (exact) mass is 460 g/mol. The van der Waals surface area contributed by atoms with Crippen molar-refractivity contribution in [1.29, 1.82) is 0 Å². The molecule has 162 valence electrons. The van der Waals surface area contributed by atoms with Crippen molar-refractivity contribution >= 4 is 34.5 Å². The third-order valence-electron chi connectivity index (χ3n) is 5.34. The van der Waals surface area contributed by atoms with Gasteiger partial charge in [0.25, 0.3) is 0 Å². The van der Waals surface area contributed by atoms with Crippen molar-refractivity contribution < 1.29 is 18.7 Å². The number of hydrogen-bond donors (Lipinski definition) is 1. The van der Waals surface area contributed by atoms with Crippen LogP contribution in [0.25, 0.3) is 0 Å². The van der Waals surface area contributed by atoms with E-state index in [0.717, 1.165) is 22.4 Å². The van der Waals surface area contributed by atoms with Gasteiger partial charge in [-0.25, -0.2) is 4.39 Å². The highest BCUT2D eigenvalue weighted by atomic mass is 35.5. The molecule has 8 heteroatoms. The standard InChI is InChI=1S/C23H22ClFN2O3S/c1-29-19-10-14-7-8-27(13-22(28)26-18-11-15(24)5-6-17(18)25)23(21-4-3-9-31-21)16(14)12-20(19)30-2/h3-6,9-12,23H,7-8,13H2,1-2H3,(H,26,28)/t23-/m1/s1. The van der Waals surface area contributed by atoms with E-state index in [1.165, 1.54) is 18.2 Å². The Kier molecular flexibility index (Phi) is 6.46. The number of fused-ring (bicyclic) bond motifs is 1. The van der Waals surface area contributed by atoms with Crippen LogP contribution in [0.1, 0.15) is 22.0 Å². The van der Waals surface area contributed by atoms with E-state index in [1.807, 2.05) is 23.6 Å². The highest BCUT2D eigenvalue weighted by Gasteiger charge is 2.32. The third kappa shape index (κ3) is 4.54. The van der Waals surface area contributed by atoms with Crippen LogP contribution in [0.2, 0.25) is 5.02 Å². The van der Waals surface area contributed by atoms with E-state index in [2.05, 4.69) is 16.3 Å². The maximum absolute atomic E-state index is 14.0. The second kappa shape index (κ2) is 9.26. The molecule has 0 aliphatic carbocycles. The minimum atomic E-state index is -0.520. The Morgan fingerprint density at radius 3 is 2.71 bits per heavy atom. The molecule has 5 nitrogen and oxygen atoms in total. The SMILES string of the molecule is COc1cc2c(cc1OC)[C@H](c1cccs1)N(CC(=O)Nc1cc(Cl)ccc1F)CC2. The average molecular weight is 461 g/mol. The lowest BCUT2D eigenvalue weighted by molar-refractivity contribution is -0.117. The van der Waals surface area contributed by atoms with Crippen molar-refractivity contribution in [3.8, 4) is 11.5 Å².